The maximum atomic E-state index is 13.0. The number of carbonyl (C=O) groups is 3. The summed E-state index contributed by atoms with van der Waals surface area (Å²) in [6.45, 7) is -0.570. The molecule has 0 amide bonds. The van der Waals surface area contributed by atoms with Crippen LogP contribution in [0.2, 0.25) is 0 Å². The lowest BCUT2D eigenvalue weighted by molar-refractivity contribution is -0.0253. The van der Waals surface area contributed by atoms with Crippen molar-refractivity contribution in [3.05, 3.63) is 178 Å². The Bertz CT molecular complexity index is 1650. The molecule has 0 aliphatic heterocycles. The maximum Gasteiger partial charge on any atom is 0.338 e. The third-order valence-electron chi connectivity index (χ3n) is 6.97. The van der Waals surface area contributed by atoms with Gasteiger partial charge in [-0.15, -0.1) is 0 Å². The van der Waals surface area contributed by atoms with Crippen LogP contribution in [0.25, 0.3) is 0 Å². The Morgan fingerprint density at radius 2 is 0.750 bits per heavy atom. The minimum absolute atomic E-state index is 0.283. The zero-order valence-electron chi connectivity index (χ0n) is 24.1. The summed E-state index contributed by atoms with van der Waals surface area (Å²) in [5.74, 6) is -1.76. The second kappa shape index (κ2) is 15.1. The van der Waals surface area contributed by atoms with Crippen molar-refractivity contribution < 1.29 is 28.6 Å². The van der Waals surface area contributed by atoms with Crippen LogP contribution in [-0.4, -0.2) is 37.2 Å². The molecule has 44 heavy (non-hydrogen) atoms. The molecule has 0 radical (unpaired) electrons. The van der Waals surface area contributed by atoms with Crippen LogP contribution in [0.15, 0.2) is 140 Å². The Morgan fingerprint density at radius 3 is 1.18 bits per heavy atom. The van der Waals surface area contributed by atoms with E-state index < -0.39 is 24.0 Å². The monoisotopic (exact) mass is 584 g/mol. The quantitative estimate of drug-likeness (QED) is 0.115. The van der Waals surface area contributed by atoms with Gasteiger partial charge in [-0.05, 0) is 71.5 Å². The Kier molecular flexibility index (Phi) is 10.3. The Labute approximate surface area is 256 Å². The van der Waals surface area contributed by atoms with Crippen LogP contribution in [0.4, 0.5) is 0 Å². The first-order valence-corrected chi connectivity index (χ1v) is 14.4. The Balaban J connectivity index is 1.21. The lowest BCUT2D eigenvalue weighted by atomic mass is 10.0. The van der Waals surface area contributed by atoms with Gasteiger partial charge < -0.3 is 14.2 Å². The fraction of sp³-hybridized carbons (Fsp3) is 0.132. The molecule has 1 unspecified atom stereocenters. The fourth-order valence-corrected chi connectivity index (χ4v) is 4.59. The molecule has 0 aromatic heterocycles. The molecule has 6 nitrogen and oxygen atoms in total. The number of esters is 3. The van der Waals surface area contributed by atoms with Gasteiger partial charge in [0.2, 0.25) is 0 Å². The van der Waals surface area contributed by atoms with Crippen molar-refractivity contribution in [2.24, 2.45) is 0 Å². The van der Waals surface area contributed by atoms with Gasteiger partial charge in [0.05, 0.1) is 16.7 Å². The van der Waals surface area contributed by atoms with E-state index >= 15 is 0 Å². The van der Waals surface area contributed by atoms with Gasteiger partial charge >= 0.3 is 17.9 Å². The van der Waals surface area contributed by atoms with Gasteiger partial charge in [0, 0.05) is 0 Å². The maximum absolute atomic E-state index is 13.0. The van der Waals surface area contributed by atoms with E-state index in [1.807, 2.05) is 84.9 Å². The number of rotatable bonds is 12. The van der Waals surface area contributed by atoms with Crippen molar-refractivity contribution in [2.45, 2.75) is 18.9 Å². The van der Waals surface area contributed by atoms with Crippen LogP contribution < -0.4 is 0 Å². The summed E-state index contributed by atoms with van der Waals surface area (Å²) >= 11 is 0. The molecule has 5 rings (SSSR count). The fourth-order valence-electron chi connectivity index (χ4n) is 4.59. The van der Waals surface area contributed by atoms with Gasteiger partial charge in [-0.3, -0.25) is 0 Å². The summed E-state index contributed by atoms with van der Waals surface area (Å²) in [5, 5.41) is 0. The zero-order valence-corrected chi connectivity index (χ0v) is 24.1. The van der Waals surface area contributed by atoms with Gasteiger partial charge in [0.15, 0.2) is 6.10 Å². The summed E-state index contributed by atoms with van der Waals surface area (Å²) in [6, 6.07) is 42.9. The topological polar surface area (TPSA) is 78.9 Å². The van der Waals surface area contributed by atoms with E-state index in [2.05, 4.69) is 0 Å². The van der Waals surface area contributed by atoms with E-state index in [0.29, 0.717) is 16.7 Å². The molecule has 0 N–H and O–H groups in total. The Hall–Kier alpha value is -5.49. The molecule has 0 bridgehead atoms. The molecule has 5 aromatic carbocycles. The summed E-state index contributed by atoms with van der Waals surface area (Å²) in [6.07, 6.45) is 0.464. The second-order valence-corrected chi connectivity index (χ2v) is 10.3. The summed E-state index contributed by atoms with van der Waals surface area (Å²) in [7, 11) is 0. The number of hydrogen-bond acceptors (Lipinski definition) is 6. The highest BCUT2D eigenvalue weighted by atomic mass is 16.6. The summed E-state index contributed by atoms with van der Waals surface area (Å²) < 4.78 is 16.6. The average molecular weight is 585 g/mol. The van der Waals surface area contributed by atoms with E-state index in [-0.39, 0.29) is 13.2 Å². The van der Waals surface area contributed by atoms with Crippen LogP contribution in [0.5, 0.6) is 0 Å². The van der Waals surface area contributed by atoms with Crippen molar-refractivity contribution in [1.29, 1.82) is 0 Å². The molecular formula is C38H32O6. The zero-order chi connectivity index (χ0) is 30.6. The minimum Gasteiger partial charge on any atom is -0.458 e. The number of carbonyl (C=O) groups excluding carboxylic acids is 3. The second-order valence-electron chi connectivity index (χ2n) is 10.3. The Morgan fingerprint density at radius 1 is 0.409 bits per heavy atom. The number of hydrogen-bond donors (Lipinski definition) is 0. The molecule has 0 spiro atoms. The number of benzene rings is 5. The predicted molar refractivity (Wildman–Crippen MR) is 168 cm³/mol. The molecular weight excluding hydrogens is 552 g/mol. The first-order valence-electron chi connectivity index (χ1n) is 14.4. The van der Waals surface area contributed by atoms with Gasteiger partial charge in [-0.2, -0.15) is 0 Å². The molecule has 0 aliphatic rings. The molecule has 1 atom stereocenters. The lowest BCUT2D eigenvalue weighted by Gasteiger charge is -2.18. The SMILES string of the molecule is O=C(OCC(COC(=O)c1ccc(Cc2ccccc2)cc1)OC(=O)c1ccc(Cc2ccccc2)cc1)c1ccccc1. The van der Waals surface area contributed by atoms with Crippen LogP contribution in [0.3, 0.4) is 0 Å². The normalized spacial score (nSPS) is 11.3. The van der Waals surface area contributed by atoms with Crippen LogP contribution >= 0.6 is 0 Å². The molecule has 220 valence electrons. The highest BCUT2D eigenvalue weighted by Crippen LogP contribution is 2.15. The molecule has 5 aromatic rings. The lowest BCUT2D eigenvalue weighted by Crippen LogP contribution is -2.31. The molecule has 0 saturated carbocycles. The smallest absolute Gasteiger partial charge is 0.338 e. The van der Waals surface area contributed by atoms with E-state index in [1.54, 1.807) is 54.6 Å². The van der Waals surface area contributed by atoms with Crippen LogP contribution in [0.1, 0.15) is 53.3 Å². The van der Waals surface area contributed by atoms with E-state index in [4.69, 9.17) is 14.2 Å². The predicted octanol–water partition coefficient (Wildman–Crippen LogP) is 7.11. The van der Waals surface area contributed by atoms with Crippen LogP contribution in [0, 0.1) is 0 Å². The van der Waals surface area contributed by atoms with Gasteiger partial charge in [0.25, 0.3) is 0 Å². The minimum atomic E-state index is -1.01. The summed E-state index contributed by atoms with van der Waals surface area (Å²) in [5.41, 5.74) is 5.49. The van der Waals surface area contributed by atoms with Crippen molar-refractivity contribution >= 4 is 17.9 Å². The third kappa shape index (κ3) is 8.76. The van der Waals surface area contributed by atoms with Crippen molar-refractivity contribution in [1.82, 2.24) is 0 Å². The van der Waals surface area contributed by atoms with Gasteiger partial charge in [-0.25, -0.2) is 14.4 Å². The van der Waals surface area contributed by atoms with Crippen molar-refractivity contribution in [3.63, 3.8) is 0 Å². The van der Waals surface area contributed by atoms with Gasteiger partial charge in [0.1, 0.15) is 13.2 Å². The largest absolute Gasteiger partial charge is 0.458 e. The van der Waals surface area contributed by atoms with Crippen molar-refractivity contribution in [2.75, 3.05) is 13.2 Å². The molecule has 6 heteroatoms. The average Bonchev–Trinajstić information content (AvgIpc) is 3.07. The molecule has 0 aliphatic carbocycles. The highest BCUT2D eigenvalue weighted by molar-refractivity contribution is 5.91. The van der Waals surface area contributed by atoms with E-state index in [0.717, 1.165) is 29.5 Å². The molecule has 0 saturated heterocycles. The molecule has 0 heterocycles. The van der Waals surface area contributed by atoms with Gasteiger partial charge in [-0.1, -0.05) is 103 Å². The third-order valence-corrected chi connectivity index (χ3v) is 6.97. The first kappa shape index (κ1) is 30.0. The van der Waals surface area contributed by atoms with E-state index in [1.165, 1.54) is 5.56 Å². The van der Waals surface area contributed by atoms with E-state index in [9.17, 15) is 14.4 Å². The molecule has 0 fully saturated rings. The highest BCUT2D eigenvalue weighted by Gasteiger charge is 2.21. The summed E-state index contributed by atoms with van der Waals surface area (Å²) in [4.78, 5) is 38.4. The number of ether oxygens (including phenoxy) is 3. The van der Waals surface area contributed by atoms with Crippen LogP contribution in [-0.2, 0) is 27.1 Å². The first-order chi connectivity index (χ1) is 21.5. The standard InChI is InChI=1S/C38H32O6/c39-36(32-14-8-3-9-15-32)42-26-35(44-38(41)34-22-18-31(19-23-34)25-29-12-6-2-7-13-29)27-43-37(40)33-20-16-30(17-21-33)24-28-10-4-1-5-11-28/h1-23,35H,24-27H2. The van der Waals surface area contributed by atoms with Crippen molar-refractivity contribution in [3.8, 4) is 0 Å².